The Kier molecular flexibility index (Phi) is 6.15. The summed E-state index contributed by atoms with van der Waals surface area (Å²) in [4.78, 5) is 19.1. The highest BCUT2D eigenvalue weighted by molar-refractivity contribution is 6.32. The predicted molar refractivity (Wildman–Crippen MR) is 132 cm³/mol. The largest absolute Gasteiger partial charge is 0.454 e. The van der Waals surface area contributed by atoms with Crippen LogP contribution in [0.4, 0.5) is 14.6 Å². The number of nitriles is 1. The SMILES string of the molecule is CC1(N)CN(c2cc(Oc3ccc(-n4ncn(Cc5c(F)cccc5F)c4=O)cc3Cl)c(C#N)cn2)C1. The van der Waals surface area contributed by atoms with E-state index >= 15 is 0 Å². The zero-order chi connectivity index (χ0) is 26.3. The topological polar surface area (TPSA) is 115 Å². The summed E-state index contributed by atoms with van der Waals surface area (Å²) in [6, 6.07) is 11.7. The third-order valence-corrected chi connectivity index (χ3v) is 6.20. The Labute approximate surface area is 214 Å². The second-order valence-electron chi connectivity index (χ2n) is 9.03. The smallest absolute Gasteiger partial charge is 0.350 e. The van der Waals surface area contributed by atoms with Gasteiger partial charge in [0.15, 0.2) is 5.75 Å². The minimum Gasteiger partial charge on any atom is -0.454 e. The van der Waals surface area contributed by atoms with Gasteiger partial charge in [0.2, 0.25) is 0 Å². The maximum atomic E-state index is 14.0. The lowest BCUT2D eigenvalue weighted by atomic mass is 9.94. The first-order chi connectivity index (χ1) is 17.6. The Morgan fingerprint density at radius 3 is 2.57 bits per heavy atom. The van der Waals surface area contributed by atoms with Gasteiger partial charge in [-0.25, -0.2) is 18.6 Å². The molecule has 4 aromatic rings. The van der Waals surface area contributed by atoms with Crippen LogP contribution < -0.4 is 21.1 Å². The molecule has 3 heterocycles. The van der Waals surface area contributed by atoms with Crippen molar-refractivity contribution in [3.05, 3.63) is 93.3 Å². The van der Waals surface area contributed by atoms with E-state index in [2.05, 4.69) is 10.1 Å². The predicted octanol–water partition coefficient (Wildman–Crippen LogP) is 3.61. The van der Waals surface area contributed by atoms with E-state index in [1.807, 2.05) is 17.9 Å². The second-order valence-corrected chi connectivity index (χ2v) is 9.44. The molecule has 0 bridgehead atoms. The molecule has 0 saturated carbocycles. The quantitative estimate of drug-likeness (QED) is 0.410. The van der Waals surface area contributed by atoms with Gasteiger partial charge in [-0.15, -0.1) is 0 Å². The highest BCUT2D eigenvalue weighted by Crippen LogP contribution is 2.35. The van der Waals surface area contributed by atoms with Crippen molar-refractivity contribution in [2.45, 2.75) is 19.0 Å². The van der Waals surface area contributed by atoms with E-state index < -0.39 is 17.3 Å². The van der Waals surface area contributed by atoms with Gasteiger partial charge >= 0.3 is 5.69 Å². The van der Waals surface area contributed by atoms with Crippen molar-refractivity contribution in [3.8, 4) is 23.3 Å². The molecule has 0 aliphatic carbocycles. The maximum Gasteiger partial charge on any atom is 0.350 e. The Morgan fingerprint density at radius 1 is 1.19 bits per heavy atom. The lowest BCUT2D eigenvalue weighted by Crippen LogP contribution is -2.65. The van der Waals surface area contributed by atoms with Crippen LogP contribution >= 0.6 is 11.6 Å². The lowest BCUT2D eigenvalue weighted by molar-refractivity contribution is 0.362. The standard InChI is InChI=1S/C25H20ClF2N7O2/c1-25(30)12-34(13-25)23-8-22(15(9-29)10-31-23)37-21-6-5-16(7-18(21)26)35-24(36)33(14-32-35)11-17-19(27)3-2-4-20(17)28/h2-8,10,14H,11-13,30H2,1H3. The Morgan fingerprint density at radius 2 is 1.92 bits per heavy atom. The van der Waals surface area contributed by atoms with E-state index in [0.29, 0.717) is 24.6 Å². The van der Waals surface area contributed by atoms with Crippen LogP contribution in [0.5, 0.6) is 11.5 Å². The molecule has 12 heteroatoms. The van der Waals surface area contributed by atoms with Crippen LogP contribution in [0.25, 0.3) is 5.69 Å². The van der Waals surface area contributed by atoms with Gasteiger partial charge in [0.1, 0.15) is 41.2 Å². The minimum absolute atomic E-state index is 0.153. The van der Waals surface area contributed by atoms with Gasteiger partial charge in [0, 0.05) is 30.3 Å². The molecule has 188 valence electrons. The number of anilines is 1. The summed E-state index contributed by atoms with van der Waals surface area (Å²) in [7, 11) is 0. The summed E-state index contributed by atoms with van der Waals surface area (Å²) in [6.07, 6.45) is 2.61. The number of ether oxygens (including phenoxy) is 1. The van der Waals surface area contributed by atoms with Crippen molar-refractivity contribution >= 4 is 17.4 Å². The van der Waals surface area contributed by atoms with E-state index in [9.17, 15) is 18.8 Å². The number of aromatic nitrogens is 4. The fourth-order valence-electron chi connectivity index (χ4n) is 4.05. The molecule has 1 fully saturated rings. The molecular formula is C25H20ClF2N7O2. The highest BCUT2D eigenvalue weighted by atomic mass is 35.5. The summed E-state index contributed by atoms with van der Waals surface area (Å²) in [5.74, 6) is -0.390. The van der Waals surface area contributed by atoms with E-state index in [4.69, 9.17) is 22.1 Å². The molecule has 1 saturated heterocycles. The van der Waals surface area contributed by atoms with Gasteiger partial charge in [-0.3, -0.25) is 4.57 Å². The van der Waals surface area contributed by atoms with Crippen molar-refractivity contribution in [2.75, 3.05) is 18.0 Å². The first-order valence-corrected chi connectivity index (χ1v) is 11.5. The Bertz CT molecular complexity index is 1580. The zero-order valence-electron chi connectivity index (χ0n) is 19.5. The molecule has 37 heavy (non-hydrogen) atoms. The average molecular weight is 524 g/mol. The number of pyridine rings is 1. The second kappa shape index (κ2) is 9.31. The fraction of sp³-hybridized carbons (Fsp3) is 0.200. The van der Waals surface area contributed by atoms with Gasteiger partial charge in [0.05, 0.1) is 23.5 Å². The van der Waals surface area contributed by atoms with Crippen molar-refractivity contribution in [3.63, 3.8) is 0 Å². The molecule has 2 aromatic heterocycles. The van der Waals surface area contributed by atoms with Crippen LogP contribution in [-0.4, -0.2) is 38.0 Å². The Balaban J connectivity index is 1.39. The summed E-state index contributed by atoms with van der Waals surface area (Å²) < 4.78 is 36.1. The molecule has 0 atom stereocenters. The summed E-state index contributed by atoms with van der Waals surface area (Å²) in [5.41, 5.74) is 5.45. The molecule has 2 N–H and O–H groups in total. The van der Waals surface area contributed by atoms with Crippen LogP contribution in [0.1, 0.15) is 18.1 Å². The fourth-order valence-corrected chi connectivity index (χ4v) is 4.27. The summed E-state index contributed by atoms with van der Waals surface area (Å²) in [6.45, 7) is 2.85. The van der Waals surface area contributed by atoms with Crippen molar-refractivity contribution in [1.82, 2.24) is 19.3 Å². The van der Waals surface area contributed by atoms with E-state index in [-0.39, 0.29) is 39.7 Å². The first-order valence-electron chi connectivity index (χ1n) is 11.1. The number of nitrogens with zero attached hydrogens (tertiary/aromatic N) is 6. The van der Waals surface area contributed by atoms with E-state index in [0.717, 1.165) is 21.4 Å². The molecule has 1 aliphatic rings. The van der Waals surface area contributed by atoms with Gasteiger partial charge in [0.25, 0.3) is 0 Å². The van der Waals surface area contributed by atoms with Crippen molar-refractivity contribution in [1.29, 1.82) is 5.26 Å². The number of halogens is 3. The molecule has 0 radical (unpaired) electrons. The molecule has 0 spiro atoms. The molecule has 1 aliphatic heterocycles. The molecule has 0 amide bonds. The molecule has 5 rings (SSSR count). The number of hydrogen-bond donors (Lipinski definition) is 1. The number of benzene rings is 2. The van der Waals surface area contributed by atoms with Crippen LogP contribution in [0.15, 0.2) is 59.8 Å². The van der Waals surface area contributed by atoms with E-state index in [1.54, 1.807) is 12.1 Å². The van der Waals surface area contributed by atoms with Gasteiger partial charge in [-0.1, -0.05) is 17.7 Å². The van der Waals surface area contributed by atoms with Crippen molar-refractivity contribution in [2.24, 2.45) is 5.73 Å². The van der Waals surface area contributed by atoms with Crippen LogP contribution in [-0.2, 0) is 6.54 Å². The maximum absolute atomic E-state index is 14.0. The zero-order valence-corrected chi connectivity index (χ0v) is 20.3. The van der Waals surface area contributed by atoms with E-state index in [1.165, 1.54) is 30.7 Å². The molecule has 9 nitrogen and oxygen atoms in total. The van der Waals surface area contributed by atoms with Crippen LogP contribution in [0.2, 0.25) is 5.02 Å². The average Bonchev–Trinajstić information content (AvgIpc) is 3.21. The number of nitrogens with two attached hydrogens (primary N) is 1. The number of rotatable bonds is 6. The normalized spacial score (nSPS) is 14.2. The monoisotopic (exact) mass is 523 g/mol. The minimum atomic E-state index is -0.758. The molecular weight excluding hydrogens is 504 g/mol. The summed E-state index contributed by atoms with van der Waals surface area (Å²) >= 11 is 6.43. The van der Waals surface area contributed by atoms with Crippen LogP contribution in [0, 0.1) is 23.0 Å². The highest BCUT2D eigenvalue weighted by Gasteiger charge is 2.36. The lowest BCUT2D eigenvalue weighted by Gasteiger charge is -2.46. The number of hydrogen-bond acceptors (Lipinski definition) is 7. The first kappa shape index (κ1) is 24.4. The van der Waals surface area contributed by atoms with Gasteiger partial charge in [-0.2, -0.15) is 15.0 Å². The molecule has 0 unspecified atom stereocenters. The third-order valence-electron chi connectivity index (χ3n) is 5.90. The third kappa shape index (κ3) is 4.76. The van der Waals surface area contributed by atoms with Gasteiger partial charge in [-0.05, 0) is 37.3 Å². The van der Waals surface area contributed by atoms with Crippen molar-refractivity contribution < 1.29 is 13.5 Å². The summed E-state index contributed by atoms with van der Waals surface area (Å²) in [5, 5.41) is 13.7. The molecule has 2 aromatic carbocycles. The Hall–Kier alpha value is -4.27. The van der Waals surface area contributed by atoms with Gasteiger partial charge < -0.3 is 15.4 Å². The van der Waals surface area contributed by atoms with Crippen LogP contribution in [0.3, 0.4) is 0 Å².